The molecule has 0 aliphatic carbocycles. The molecule has 0 fully saturated rings. The van der Waals surface area contributed by atoms with Gasteiger partial charge in [-0.05, 0) is 87.2 Å². The number of carbonyl (C=O) groups excluding carboxylic acids is 2. The molecule has 0 saturated carbocycles. The van der Waals surface area contributed by atoms with Crippen molar-refractivity contribution < 1.29 is 27.5 Å². The van der Waals surface area contributed by atoms with Crippen LogP contribution in [-0.2, 0) is 20.5 Å². The van der Waals surface area contributed by atoms with Gasteiger partial charge in [0.15, 0.2) is 0 Å². The van der Waals surface area contributed by atoms with Gasteiger partial charge in [0.2, 0.25) is 5.91 Å². The number of fused-ring (bicyclic) bond motifs is 2. The number of hydrogen-bond donors (Lipinski definition) is 2. The fourth-order valence-corrected chi connectivity index (χ4v) is 6.72. The van der Waals surface area contributed by atoms with Crippen LogP contribution in [0.5, 0.6) is 0 Å². The Bertz CT molecular complexity index is 1890. The van der Waals surface area contributed by atoms with Gasteiger partial charge in [-0.15, -0.1) is 0 Å². The summed E-state index contributed by atoms with van der Waals surface area (Å²) in [5.41, 5.74) is 11.1. The number of alkyl halides is 3. The van der Waals surface area contributed by atoms with E-state index in [1.165, 1.54) is 19.2 Å². The number of hydrazine groups is 1. The van der Waals surface area contributed by atoms with Crippen LogP contribution < -0.4 is 10.9 Å². The van der Waals surface area contributed by atoms with E-state index in [1.54, 1.807) is 13.1 Å². The van der Waals surface area contributed by atoms with Gasteiger partial charge in [-0.1, -0.05) is 51.6 Å². The Morgan fingerprint density at radius 2 is 1.87 bits per heavy atom. The predicted molar refractivity (Wildman–Crippen MR) is 208 cm³/mol. The van der Waals surface area contributed by atoms with Crippen molar-refractivity contribution in [1.82, 2.24) is 15.0 Å². The Morgan fingerprint density at radius 1 is 1.19 bits per heavy atom. The molecular weight excluding hydrogens is 681 g/mol. The summed E-state index contributed by atoms with van der Waals surface area (Å²) in [6, 6.07) is 5.01. The highest BCUT2D eigenvalue weighted by Crippen LogP contribution is 2.42. The summed E-state index contributed by atoms with van der Waals surface area (Å²) in [6.45, 7) is 20.5. The largest absolute Gasteiger partial charge is 0.469 e. The first kappa shape index (κ1) is 40.6. The van der Waals surface area contributed by atoms with Gasteiger partial charge >= 0.3 is 12.1 Å². The molecule has 2 N–H and O–H groups in total. The highest BCUT2D eigenvalue weighted by Gasteiger charge is 2.38. The van der Waals surface area contributed by atoms with E-state index < -0.39 is 17.7 Å². The van der Waals surface area contributed by atoms with E-state index >= 15 is 0 Å². The average Bonchev–Trinajstić information content (AvgIpc) is 3.54. The smallest absolute Gasteiger partial charge is 0.416 e. The first-order valence-electron chi connectivity index (χ1n) is 17.8. The summed E-state index contributed by atoms with van der Waals surface area (Å²) >= 11 is 0. The van der Waals surface area contributed by atoms with Gasteiger partial charge in [0.1, 0.15) is 0 Å². The number of amides is 1. The number of allylic oxidation sites excluding steroid dienone is 3. The topological polar surface area (TPSA) is 100 Å². The van der Waals surface area contributed by atoms with Crippen LogP contribution in [0, 0.1) is 24.7 Å². The third-order valence-corrected chi connectivity index (χ3v) is 9.69. The lowest BCUT2D eigenvalue weighted by atomic mass is 9.82. The Hall–Kier alpha value is -5.13. The second-order valence-electron chi connectivity index (χ2n) is 13.9. The van der Waals surface area contributed by atoms with E-state index in [1.807, 2.05) is 48.7 Å². The van der Waals surface area contributed by atoms with E-state index in [9.17, 15) is 22.8 Å². The van der Waals surface area contributed by atoms with Crippen molar-refractivity contribution in [3.8, 4) is 0 Å². The third-order valence-electron chi connectivity index (χ3n) is 9.69. The van der Waals surface area contributed by atoms with Gasteiger partial charge in [0.25, 0.3) is 0 Å². The number of hydrogen-bond acceptors (Lipinski definition) is 7. The Balaban J connectivity index is 2.07. The van der Waals surface area contributed by atoms with Crippen molar-refractivity contribution in [1.29, 1.82) is 0 Å². The number of halogens is 3. The number of aromatic nitrogens is 1. The molecule has 12 heteroatoms. The summed E-state index contributed by atoms with van der Waals surface area (Å²) in [6.07, 6.45) is 4.55. The molecule has 1 aromatic heterocycles. The van der Waals surface area contributed by atoms with Crippen LogP contribution in [0.25, 0.3) is 24.3 Å². The molecule has 2 aromatic rings. The molecule has 1 aromatic carbocycles. The minimum atomic E-state index is -4.44. The van der Waals surface area contributed by atoms with Crippen molar-refractivity contribution in [2.75, 3.05) is 26.2 Å². The van der Waals surface area contributed by atoms with Gasteiger partial charge in [0.05, 0.1) is 41.9 Å². The van der Waals surface area contributed by atoms with Crippen molar-refractivity contribution >= 4 is 48.6 Å². The number of ether oxygens (including phenoxy) is 1. The van der Waals surface area contributed by atoms with Gasteiger partial charge in [-0.3, -0.25) is 24.6 Å². The molecule has 0 spiro atoms. The van der Waals surface area contributed by atoms with Crippen molar-refractivity contribution in [3.05, 3.63) is 92.7 Å². The summed E-state index contributed by atoms with van der Waals surface area (Å²) in [7, 11) is 2.99. The van der Waals surface area contributed by atoms with Gasteiger partial charge in [0, 0.05) is 54.4 Å². The van der Waals surface area contributed by atoms with Crippen LogP contribution in [0.1, 0.15) is 93.9 Å². The zero-order chi connectivity index (χ0) is 39.2. The van der Waals surface area contributed by atoms with E-state index in [2.05, 4.69) is 49.9 Å². The van der Waals surface area contributed by atoms with Crippen LogP contribution in [0.2, 0.25) is 0 Å². The molecule has 1 amide bonds. The van der Waals surface area contributed by atoms with Crippen LogP contribution >= 0.6 is 0 Å². The molecule has 53 heavy (non-hydrogen) atoms. The van der Waals surface area contributed by atoms with Crippen LogP contribution in [0.3, 0.4) is 0 Å². The van der Waals surface area contributed by atoms with Crippen molar-refractivity contribution in [3.63, 3.8) is 0 Å². The molecule has 284 valence electrons. The summed E-state index contributed by atoms with van der Waals surface area (Å²) < 4.78 is 47.1. The second-order valence-corrected chi connectivity index (χ2v) is 13.9. The lowest BCUT2D eigenvalue weighted by molar-refractivity contribution is -0.140. The Morgan fingerprint density at radius 3 is 2.42 bits per heavy atom. The van der Waals surface area contributed by atoms with Gasteiger partial charge in [-0.2, -0.15) is 13.2 Å². The SMILES string of the molecule is C=N/C(=C\c1c(/C=C/c2ccc(C(F)(F)F)cc2)c(C)c2n1NN(CC)/C(CC(C)C)=C(/CC(=O)OC)C1=NC(=C2)[C@@H](C)[C@@H]1CCC(=O)NC)C(=C)C. The van der Waals surface area contributed by atoms with Crippen LogP contribution in [-0.4, -0.2) is 54.7 Å². The average molecular weight is 733 g/mol. The molecule has 4 rings (SSSR count). The number of rotatable bonds is 13. The molecule has 2 aliphatic heterocycles. The molecule has 0 unspecified atom stereocenters. The molecule has 0 radical (unpaired) electrons. The standard InChI is InChI=1S/C41H51F3N6O3/c1-11-49-36(20-24(2)3)32(21-39(52)53-10)40-31(18-19-38(51)46-9)26(6)34(47-40)23-35-27(7)30(37(50(35)48-49)22-33(45-8)25(4)5)17-14-28-12-15-29(16-13-28)41(42,43)44/h12-17,22-24,26,31,48H,4,8,11,18-21H2,1-3,5-7,9-10H3,(H,46,51)/b17-14+,33-22-,34-23?,36-32-/t26-,31-/m0/s1. The number of benzene rings is 1. The second kappa shape index (κ2) is 17.1. The maximum absolute atomic E-state index is 13.3. The van der Waals surface area contributed by atoms with E-state index in [4.69, 9.17) is 9.73 Å². The van der Waals surface area contributed by atoms with Crippen molar-refractivity contribution in [2.45, 2.75) is 73.4 Å². The Labute approximate surface area is 310 Å². The number of methoxy groups -OCH3 is 1. The lowest BCUT2D eigenvalue weighted by Gasteiger charge is -2.33. The predicted octanol–water partition coefficient (Wildman–Crippen LogP) is 8.83. The van der Waals surface area contributed by atoms with Crippen LogP contribution in [0.4, 0.5) is 13.2 Å². The summed E-state index contributed by atoms with van der Waals surface area (Å²) in [4.78, 5) is 35.1. The van der Waals surface area contributed by atoms with Gasteiger partial charge in [-0.25, -0.2) is 10.2 Å². The minimum Gasteiger partial charge on any atom is -0.469 e. The molecular formula is C41H51F3N6O3. The lowest BCUT2D eigenvalue weighted by Crippen LogP contribution is -2.39. The van der Waals surface area contributed by atoms with E-state index in [0.29, 0.717) is 48.3 Å². The molecule has 2 bridgehead atoms. The fourth-order valence-electron chi connectivity index (χ4n) is 6.72. The third kappa shape index (κ3) is 9.27. The molecule has 0 saturated heterocycles. The maximum atomic E-state index is 13.3. The monoisotopic (exact) mass is 732 g/mol. The maximum Gasteiger partial charge on any atom is 0.416 e. The quantitative estimate of drug-likeness (QED) is 0.122. The first-order chi connectivity index (χ1) is 25.0. The number of aliphatic imine (C=N–C) groups is 2. The molecule has 2 atom stereocenters. The zero-order valence-electron chi connectivity index (χ0n) is 31.9. The number of nitrogens with one attached hydrogen (secondary N) is 2. The normalized spacial score (nSPS) is 19.1. The van der Waals surface area contributed by atoms with Gasteiger partial charge < -0.3 is 10.1 Å². The molecule has 3 heterocycles. The summed E-state index contributed by atoms with van der Waals surface area (Å²) in [5, 5.41) is 4.74. The number of carbonyl (C=O) groups is 2. The highest BCUT2D eigenvalue weighted by atomic mass is 19.4. The number of esters is 1. The van der Waals surface area contributed by atoms with E-state index in [-0.39, 0.29) is 30.1 Å². The van der Waals surface area contributed by atoms with E-state index in [0.717, 1.165) is 51.6 Å². The van der Waals surface area contributed by atoms with Crippen LogP contribution in [0.15, 0.2) is 69.1 Å². The minimum absolute atomic E-state index is 0.00231. The fraction of sp³-hybridized carbons (Fsp3) is 0.415. The molecule has 9 nitrogen and oxygen atoms in total. The zero-order valence-corrected chi connectivity index (χ0v) is 31.9. The first-order valence-corrected chi connectivity index (χ1v) is 17.8. The molecule has 2 aliphatic rings. The highest BCUT2D eigenvalue weighted by molar-refractivity contribution is 6.08. The number of nitrogens with zero attached hydrogens (tertiary/aromatic N) is 4. The van der Waals surface area contributed by atoms with Crippen molar-refractivity contribution in [2.24, 2.45) is 27.7 Å². The summed E-state index contributed by atoms with van der Waals surface area (Å²) in [5.74, 6) is -0.538. The Kier molecular flexibility index (Phi) is 13.1.